The molecule has 1 aliphatic carbocycles. The van der Waals surface area contributed by atoms with Crippen molar-refractivity contribution in [2.45, 2.75) is 20.8 Å². The van der Waals surface area contributed by atoms with Gasteiger partial charge in [0.05, 0.1) is 0 Å². The number of rotatable bonds is 0. The number of hydrogen-bond donors (Lipinski definition) is 0. The molecule has 0 N–H and O–H groups in total. The first-order chi connectivity index (χ1) is 8.52. The van der Waals surface area contributed by atoms with Crippen molar-refractivity contribution in [3.05, 3.63) is 53.1 Å². The first kappa shape index (κ1) is 12.2. The van der Waals surface area contributed by atoms with Crippen LogP contribution in [0.25, 0.3) is 16.3 Å². The van der Waals surface area contributed by atoms with Crippen molar-refractivity contribution in [2.24, 2.45) is 5.92 Å². The van der Waals surface area contributed by atoms with Crippen LogP contribution in [0.3, 0.4) is 0 Å². The van der Waals surface area contributed by atoms with E-state index in [4.69, 9.17) is 0 Å². The molecule has 0 amide bonds. The Morgan fingerprint density at radius 3 is 2.44 bits per heavy atom. The summed E-state index contributed by atoms with van der Waals surface area (Å²) in [5, 5.41) is 2.80. The van der Waals surface area contributed by atoms with Crippen LogP contribution in [-0.2, 0) is 24.2 Å². The van der Waals surface area contributed by atoms with Gasteiger partial charge in [-0.25, -0.2) is 0 Å². The Bertz CT molecular complexity index is 707. The van der Waals surface area contributed by atoms with E-state index in [1.165, 1.54) is 62.8 Å². The van der Waals surface area contributed by atoms with Gasteiger partial charge < -0.3 is 0 Å². The number of hydrogen-bond acceptors (Lipinski definition) is 0. The van der Waals surface area contributed by atoms with E-state index < -0.39 is 0 Å². The van der Waals surface area contributed by atoms with Gasteiger partial charge in [-0.3, -0.25) is 0 Å². The van der Waals surface area contributed by atoms with E-state index >= 15 is 0 Å². The second kappa shape index (κ2) is 4.10. The first-order valence-corrected chi connectivity index (χ1v) is 7.56. The van der Waals surface area contributed by atoms with Gasteiger partial charge in [0.1, 0.15) is 0 Å². The van der Waals surface area contributed by atoms with E-state index in [0.29, 0.717) is 5.92 Å². The molecule has 0 aromatic heterocycles. The molecule has 3 rings (SSSR count). The minimum atomic E-state index is 0.517. The fourth-order valence-corrected chi connectivity index (χ4v) is 3.89. The third-order valence-electron chi connectivity index (χ3n) is 4.17. The van der Waals surface area contributed by atoms with Crippen LogP contribution in [0.5, 0.6) is 0 Å². The van der Waals surface area contributed by atoms with Gasteiger partial charge in [-0.2, -0.15) is 0 Å². The summed E-state index contributed by atoms with van der Waals surface area (Å²) in [6, 6.07) is 9.03. The molecule has 0 saturated carbocycles. The number of fused-ring (bicyclic) bond motifs is 3. The van der Waals surface area contributed by atoms with Crippen LogP contribution in [0.1, 0.15) is 29.2 Å². The van der Waals surface area contributed by atoms with Gasteiger partial charge in [-0.15, -0.1) is 0 Å². The molecule has 86 valence electrons. The molecule has 18 heavy (non-hydrogen) atoms. The molecule has 0 fully saturated rings. The van der Waals surface area contributed by atoms with E-state index in [1.807, 2.05) is 0 Å². The number of aryl methyl sites for hydroxylation is 2. The average molecular weight is 312 g/mol. The topological polar surface area (TPSA) is 0 Å². The predicted molar refractivity (Wildman–Crippen MR) is 75.7 cm³/mol. The van der Waals surface area contributed by atoms with Crippen molar-refractivity contribution in [3.63, 3.8) is 0 Å². The van der Waals surface area contributed by atoms with Crippen LogP contribution in [0.2, 0.25) is 0 Å². The fourth-order valence-electron chi connectivity index (χ4n) is 2.95. The van der Waals surface area contributed by atoms with Gasteiger partial charge in [0.15, 0.2) is 0 Å². The maximum absolute atomic E-state index is 4.34. The molecule has 0 spiro atoms. The van der Waals surface area contributed by atoms with Crippen molar-refractivity contribution in [1.82, 2.24) is 0 Å². The van der Waals surface area contributed by atoms with Crippen molar-refractivity contribution in [3.8, 4) is 0 Å². The van der Waals surface area contributed by atoms with Gasteiger partial charge in [0.2, 0.25) is 0 Å². The zero-order valence-electron chi connectivity index (χ0n) is 11.1. The molecule has 1 unspecified atom stereocenters. The molecular weight excluding hydrogens is 295 g/mol. The Morgan fingerprint density at radius 2 is 1.72 bits per heavy atom. The Morgan fingerprint density at radius 1 is 1.06 bits per heavy atom. The molecule has 0 radical (unpaired) electrons. The average Bonchev–Trinajstić information content (AvgIpc) is 2.59. The Hall–Kier alpha value is -0.807. The van der Waals surface area contributed by atoms with Gasteiger partial charge in [-0.05, 0) is 0 Å². The van der Waals surface area contributed by atoms with E-state index in [2.05, 4.69) is 51.6 Å². The summed E-state index contributed by atoms with van der Waals surface area (Å²) in [5.41, 5.74) is 6.87. The van der Waals surface area contributed by atoms with Crippen molar-refractivity contribution >= 4 is 19.6 Å². The van der Waals surface area contributed by atoms with E-state index in [-0.39, 0.29) is 0 Å². The van der Waals surface area contributed by atoms with Crippen LogP contribution < -0.4 is 0 Å². The molecule has 0 aliphatic heterocycles. The summed E-state index contributed by atoms with van der Waals surface area (Å²) < 4.78 is 1.55. The normalized spacial score (nSPS) is 18.6. The third kappa shape index (κ3) is 1.50. The summed E-state index contributed by atoms with van der Waals surface area (Å²) in [7, 11) is 0. The molecule has 1 aliphatic rings. The fraction of sp³-hybridized carbons (Fsp3) is 0.235. The van der Waals surface area contributed by atoms with Crippen molar-refractivity contribution in [2.75, 3.05) is 0 Å². The Kier molecular flexibility index (Phi) is 2.79. The Labute approximate surface area is 123 Å². The van der Waals surface area contributed by atoms with Crippen LogP contribution in [-0.4, -0.2) is 3.21 Å². The molecule has 0 saturated heterocycles. The van der Waals surface area contributed by atoms with Gasteiger partial charge in [0, 0.05) is 0 Å². The molecule has 0 heterocycles. The summed E-state index contributed by atoms with van der Waals surface area (Å²) in [4.78, 5) is 0. The Balaban J connectivity index is 2.52. The monoisotopic (exact) mass is 310 g/mol. The molecule has 1 atom stereocenters. The van der Waals surface area contributed by atoms with Crippen molar-refractivity contribution in [1.29, 1.82) is 0 Å². The first-order valence-electron chi connectivity index (χ1n) is 6.33. The molecular formula is C17H16Zr+2. The molecule has 0 nitrogen and oxygen atoms in total. The van der Waals surface area contributed by atoms with E-state index in [0.717, 1.165) is 0 Å². The standard InChI is InChI=1S/C17H16.Zr/c1-10-5-6-11(2)16-15(10)8-7-14-9-12(3)13(4)17(14)16;/h5-8,12H,4H2,1-3H3;/q;+2. The molecule has 1 heteroatoms. The summed E-state index contributed by atoms with van der Waals surface area (Å²) in [6.07, 6.45) is 0. The maximum atomic E-state index is 4.34. The van der Waals surface area contributed by atoms with Crippen molar-refractivity contribution < 1.29 is 24.2 Å². The SMILES string of the molecule is C=C1c2c(ccc3c(C)ccc(C)c23)[C](=[Zr+2])C1C. The second-order valence-corrected chi connectivity index (χ2v) is 6.59. The van der Waals surface area contributed by atoms with Gasteiger partial charge in [-0.1, -0.05) is 0 Å². The van der Waals surface area contributed by atoms with E-state index in [1.54, 1.807) is 3.21 Å². The predicted octanol–water partition coefficient (Wildman–Crippen LogP) is 4.19. The summed E-state index contributed by atoms with van der Waals surface area (Å²) in [6.45, 7) is 11.0. The van der Waals surface area contributed by atoms with Crippen LogP contribution in [0, 0.1) is 19.8 Å². The minimum absolute atomic E-state index is 0.517. The quantitative estimate of drug-likeness (QED) is 0.684. The van der Waals surface area contributed by atoms with Crippen LogP contribution >= 0.6 is 0 Å². The number of benzene rings is 2. The third-order valence-corrected chi connectivity index (χ3v) is 5.90. The summed E-state index contributed by atoms with van der Waals surface area (Å²) in [5.74, 6) is 0.517. The van der Waals surface area contributed by atoms with E-state index in [9.17, 15) is 0 Å². The van der Waals surface area contributed by atoms with Crippen LogP contribution in [0.4, 0.5) is 0 Å². The zero-order valence-corrected chi connectivity index (χ0v) is 13.6. The van der Waals surface area contributed by atoms with Gasteiger partial charge >= 0.3 is 124 Å². The zero-order chi connectivity index (χ0) is 13.0. The molecule has 0 bridgehead atoms. The number of allylic oxidation sites excluding steroid dienone is 1. The summed E-state index contributed by atoms with van der Waals surface area (Å²) >= 11 is 1.52. The van der Waals surface area contributed by atoms with Crippen LogP contribution in [0.15, 0.2) is 30.8 Å². The van der Waals surface area contributed by atoms with Gasteiger partial charge in [0.25, 0.3) is 0 Å². The molecule has 2 aromatic carbocycles. The second-order valence-electron chi connectivity index (χ2n) is 5.27. The molecule has 2 aromatic rings.